The Balaban J connectivity index is 0.00000243. The number of rotatable bonds is 5. The molecule has 5 nitrogen and oxygen atoms in total. The van der Waals surface area contributed by atoms with Crippen molar-refractivity contribution in [1.82, 2.24) is 15.1 Å². The third-order valence-corrected chi connectivity index (χ3v) is 6.10. The van der Waals surface area contributed by atoms with Gasteiger partial charge in [0.05, 0.1) is 12.1 Å². The van der Waals surface area contributed by atoms with E-state index in [2.05, 4.69) is 52.4 Å². The zero-order valence-corrected chi connectivity index (χ0v) is 18.7. The van der Waals surface area contributed by atoms with Gasteiger partial charge in [-0.3, -0.25) is 9.89 Å². The van der Waals surface area contributed by atoms with Gasteiger partial charge in [-0.05, 0) is 24.7 Å². The fourth-order valence-electron chi connectivity index (χ4n) is 3.33. The van der Waals surface area contributed by atoms with Gasteiger partial charge < -0.3 is 15.3 Å². The van der Waals surface area contributed by atoms with Crippen LogP contribution in [0.15, 0.2) is 35.3 Å². The minimum Gasteiger partial charge on any atom is -0.387 e. The minimum atomic E-state index is -0.611. The van der Waals surface area contributed by atoms with E-state index >= 15 is 0 Å². The Morgan fingerprint density at radius 3 is 2.58 bits per heavy atom. The molecule has 1 atom stereocenters. The second kappa shape index (κ2) is 10.7. The van der Waals surface area contributed by atoms with E-state index in [1.165, 1.54) is 5.56 Å². The van der Waals surface area contributed by atoms with Crippen molar-refractivity contribution in [3.63, 3.8) is 0 Å². The van der Waals surface area contributed by atoms with Gasteiger partial charge in [0.25, 0.3) is 0 Å². The number of guanidine groups is 1. The monoisotopic (exact) mass is 490 g/mol. The van der Waals surface area contributed by atoms with Crippen LogP contribution < -0.4 is 5.32 Å². The van der Waals surface area contributed by atoms with E-state index in [1.807, 2.05) is 11.8 Å². The van der Waals surface area contributed by atoms with E-state index in [1.54, 1.807) is 0 Å². The van der Waals surface area contributed by atoms with Crippen LogP contribution in [0.5, 0.6) is 0 Å². The topological polar surface area (TPSA) is 51.1 Å². The number of aliphatic imine (C=N–C) groups is 1. The Morgan fingerprint density at radius 2 is 1.96 bits per heavy atom. The summed E-state index contributed by atoms with van der Waals surface area (Å²) in [6.07, 6.45) is 0.853. The van der Waals surface area contributed by atoms with Gasteiger partial charge in [0.2, 0.25) is 0 Å². The maximum Gasteiger partial charge on any atom is 0.194 e. The Morgan fingerprint density at radius 1 is 1.23 bits per heavy atom. The van der Waals surface area contributed by atoms with Gasteiger partial charge in [-0.1, -0.05) is 30.3 Å². The lowest BCUT2D eigenvalue weighted by molar-refractivity contribution is 0.0773. The summed E-state index contributed by atoms with van der Waals surface area (Å²) in [5.41, 5.74) is 0.762. The fraction of sp³-hybridized carbons (Fsp3) is 0.632. The quantitative estimate of drug-likeness (QED) is 0.377. The van der Waals surface area contributed by atoms with E-state index in [0.29, 0.717) is 6.54 Å². The maximum atomic E-state index is 10.5. The van der Waals surface area contributed by atoms with E-state index in [9.17, 15) is 5.11 Å². The van der Waals surface area contributed by atoms with Crippen molar-refractivity contribution in [1.29, 1.82) is 0 Å². The zero-order valence-electron chi connectivity index (χ0n) is 15.6. The van der Waals surface area contributed by atoms with E-state index in [4.69, 9.17) is 4.99 Å². The molecule has 7 heteroatoms. The molecule has 0 bridgehead atoms. The van der Waals surface area contributed by atoms with Crippen molar-refractivity contribution in [3.8, 4) is 0 Å². The molecule has 3 rings (SSSR count). The zero-order chi connectivity index (χ0) is 17.5. The average Bonchev–Trinajstić information content (AvgIpc) is 3.07. The Bertz CT molecular complexity index is 558. The smallest absolute Gasteiger partial charge is 0.194 e. The highest BCUT2D eigenvalue weighted by atomic mass is 127. The summed E-state index contributed by atoms with van der Waals surface area (Å²) in [5.74, 6) is 2.80. The van der Waals surface area contributed by atoms with Gasteiger partial charge in [-0.15, -0.1) is 24.0 Å². The number of aliphatic hydroxyl groups is 1. The van der Waals surface area contributed by atoms with E-state index < -0.39 is 5.60 Å². The first kappa shape index (κ1) is 21.8. The molecular weight excluding hydrogens is 459 g/mol. The molecule has 2 aliphatic rings. The molecular formula is C19H31IN4OS. The number of hydrogen-bond donors (Lipinski definition) is 2. The minimum absolute atomic E-state index is 0. The number of benzene rings is 1. The molecule has 0 aliphatic carbocycles. The molecule has 0 amide bonds. The highest BCUT2D eigenvalue weighted by molar-refractivity contribution is 14.0. The molecule has 0 aromatic heterocycles. The number of nitrogens with one attached hydrogen (secondary N) is 1. The van der Waals surface area contributed by atoms with Gasteiger partial charge in [-0.2, -0.15) is 11.8 Å². The van der Waals surface area contributed by atoms with Crippen LogP contribution in [0.25, 0.3) is 0 Å². The van der Waals surface area contributed by atoms with Crippen LogP contribution in [0, 0.1) is 0 Å². The number of thioether (sulfide) groups is 1. The van der Waals surface area contributed by atoms with Crippen LogP contribution in [0.4, 0.5) is 0 Å². The van der Waals surface area contributed by atoms with Gasteiger partial charge in [0.1, 0.15) is 0 Å². The van der Waals surface area contributed by atoms with Crippen molar-refractivity contribution < 1.29 is 5.11 Å². The SMILES string of the molecule is CCNC(=NCC1(O)CCSC1)N1CCN(Cc2ccccc2)CC1.I. The molecule has 2 aliphatic heterocycles. The lowest BCUT2D eigenvalue weighted by Crippen LogP contribution is -2.52. The molecule has 0 saturated carbocycles. The first-order valence-electron chi connectivity index (χ1n) is 9.28. The highest BCUT2D eigenvalue weighted by Gasteiger charge is 2.32. The summed E-state index contributed by atoms with van der Waals surface area (Å²) in [6.45, 7) is 8.51. The molecule has 1 unspecified atom stereocenters. The van der Waals surface area contributed by atoms with Gasteiger partial charge in [-0.25, -0.2) is 0 Å². The highest BCUT2D eigenvalue weighted by Crippen LogP contribution is 2.28. The second-order valence-corrected chi connectivity index (χ2v) is 8.05. The maximum absolute atomic E-state index is 10.5. The van der Waals surface area contributed by atoms with Gasteiger partial charge in [0.15, 0.2) is 5.96 Å². The standard InChI is InChI=1S/C19H30N4OS.HI/c1-2-20-18(21-15-19(24)8-13-25-16-19)23-11-9-22(10-12-23)14-17-6-4-3-5-7-17;/h3-7,24H,2,8-16H2,1H3,(H,20,21);1H. The van der Waals surface area contributed by atoms with Crippen molar-refractivity contribution in [2.24, 2.45) is 4.99 Å². The first-order valence-corrected chi connectivity index (χ1v) is 10.4. The summed E-state index contributed by atoms with van der Waals surface area (Å²) in [7, 11) is 0. The number of nitrogens with zero attached hydrogens (tertiary/aromatic N) is 3. The predicted molar refractivity (Wildman–Crippen MR) is 122 cm³/mol. The van der Waals surface area contributed by atoms with Crippen LogP contribution >= 0.6 is 35.7 Å². The molecule has 2 heterocycles. The number of piperazine rings is 1. The molecule has 26 heavy (non-hydrogen) atoms. The third-order valence-electron chi connectivity index (χ3n) is 4.86. The van der Waals surface area contributed by atoms with Gasteiger partial charge in [0, 0.05) is 45.0 Å². The van der Waals surface area contributed by atoms with E-state index in [-0.39, 0.29) is 24.0 Å². The van der Waals surface area contributed by atoms with Crippen LogP contribution in [0.2, 0.25) is 0 Å². The molecule has 1 aromatic carbocycles. The molecule has 0 spiro atoms. The average molecular weight is 490 g/mol. The molecule has 2 fully saturated rings. The van der Waals surface area contributed by atoms with Crippen LogP contribution in [0.3, 0.4) is 0 Å². The third kappa shape index (κ3) is 6.28. The largest absolute Gasteiger partial charge is 0.387 e. The summed E-state index contributed by atoms with van der Waals surface area (Å²) in [5, 5.41) is 13.9. The molecule has 146 valence electrons. The van der Waals surface area contributed by atoms with Gasteiger partial charge >= 0.3 is 0 Å². The van der Waals surface area contributed by atoms with Crippen LogP contribution in [0.1, 0.15) is 18.9 Å². The van der Waals surface area contributed by atoms with E-state index in [0.717, 1.165) is 63.2 Å². The lowest BCUT2D eigenvalue weighted by atomic mass is 10.0. The molecule has 0 radical (unpaired) electrons. The van der Waals surface area contributed by atoms with Crippen LogP contribution in [-0.2, 0) is 6.54 Å². The van der Waals surface area contributed by atoms with Crippen molar-refractivity contribution >= 4 is 41.7 Å². The van der Waals surface area contributed by atoms with Crippen LogP contribution in [-0.4, -0.2) is 77.2 Å². The normalized spacial score (nSPS) is 24.4. The molecule has 2 N–H and O–H groups in total. The summed E-state index contributed by atoms with van der Waals surface area (Å²) >= 11 is 1.82. The Kier molecular flexibility index (Phi) is 8.99. The Labute approximate surface area is 178 Å². The first-order chi connectivity index (χ1) is 12.2. The Hall–Kier alpha value is -0.510. The summed E-state index contributed by atoms with van der Waals surface area (Å²) in [4.78, 5) is 9.58. The predicted octanol–water partition coefficient (Wildman–Crippen LogP) is 2.26. The number of halogens is 1. The van der Waals surface area contributed by atoms with Crippen molar-refractivity contribution in [3.05, 3.63) is 35.9 Å². The second-order valence-electron chi connectivity index (χ2n) is 6.95. The molecule has 2 saturated heterocycles. The van der Waals surface area contributed by atoms with Crippen molar-refractivity contribution in [2.45, 2.75) is 25.5 Å². The fourth-order valence-corrected chi connectivity index (χ4v) is 4.61. The molecule has 1 aromatic rings. The lowest BCUT2D eigenvalue weighted by Gasteiger charge is -2.36. The van der Waals surface area contributed by atoms with Crippen molar-refractivity contribution in [2.75, 3.05) is 50.8 Å². The number of hydrogen-bond acceptors (Lipinski definition) is 4. The summed E-state index contributed by atoms with van der Waals surface area (Å²) in [6, 6.07) is 10.7. The summed E-state index contributed by atoms with van der Waals surface area (Å²) < 4.78 is 0.